The zero-order valence-corrected chi connectivity index (χ0v) is 16.7. The van der Waals surface area contributed by atoms with E-state index in [2.05, 4.69) is 20.5 Å². The predicted molar refractivity (Wildman–Crippen MR) is 111 cm³/mol. The average Bonchev–Trinajstić information content (AvgIpc) is 3.37. The second-order valence-electron chi connectivity index (χ2n) is 6.35. The summed E-state index contributed by atoms with van der Waals surface area (Å²) in [5, 5.41) is 12.4. The highest BCUT2D eigenvalue weighted by atomic mass is 35.5. The normalized spacial score (nSPS) is 10.8. The van der Waals surface area contributed by atoms with Crippen LogP contribution in [0.1, 0.15) is 21.5 Å². The summed E-state index contributed by atoms with van der Waals surface area (Å²) in [5.41, 5.74) is 2.42. The molecule has 146 valence electrons. The molecule has 0 saturated carbocycles. The van der Waals surface area contributed by atoms with Gasteiger partial charge in [0.2, 0.25) is 0 Å². The molecule has 0 bridgehead atoms. The van der Waals surface area contributed by atoms with E-state index in [1.807, 2.05) is 18.2 Å². The molecule has 0 aliphatic carbocycles. The van der Waals surface area contributed by atoms with Gasteiger partial charge in [0.25, 0.3) is 5.91 Å². The SMILES string of the molecule is O=C(Nc1ccnn1Cc1ccc(Cl)cc1Cl)c1ccc(Cn2cncn2)cc1. The molecule has 2 aromatic heterocycles. The fourth-order valence-corrected chi connectivity index (χ4v) is 3.30. The number of carbonyl (C=O) groups is 1. The Morgan fingerprint density at radius 3 is 2.55 bits per heavy atom. The first-order valence-corrected chi connectivity index (χ1v) is 9.52. The van der Waals surface area contributed by atoms with Crippen molar-refractivity contribution in [2.75, 3.05) is 5.32 Å². The van der Waals surface area contributed by atoms with Crippen molar-refractivity contribution < 1.29 is 4.79 Å². The molecule has 1 amide bonds. The fraction of sp³-hybridized carbons (Fsp3) is 0.100. The third kappa shape index (κ3) is 4.64. The van der Waals surface area contributed by atoms with Crippen LogP contribution in [0.3, 0.4) is 0 Å². The van der Waals surface area contributed by atoms with Crippen LogP contribution in [0, 0.1) is 0 Å². The molecule has 1 N–H and O–H groups in total. The van der Waals surface area contributed by atoms with E-state index in [1.54, 1.807) is 52.2 Å². The number of hydrogen-bond donors (Lipinski definition) is 1. The van der Waals surface area contributed by atoms with Gasteiger partial charge in [-0.3, -0.25) is 4.79 Å². The predicted octanol–water partition coefficient (Wildman–Crippen LogP) is 4.13. The number of halogens is 2. The summed E-state index contributed by atoms with van der Waals surface area (Å²) in [5.74, 6) is 0.356. The van der Waals surface area contributed by atoms with Crippen molar-refractivity contribution in [3.05, 3.63) is 94.1 Å². The van der Waals surface area contributed by atoms with Crippen molar-refractivity contribution in [2.24, 2.45) is 0 Å². The van der Waals surface area contributed by atoms with Crippen LogP contribution in [-0.4, -0.2) is 30.5 Å². The fourth-order valence-electron chi connectivity index (χ4n) is 2.83. The molecule has 0 saturated heterocycles. The van der Waals surface area contributed by atoms with Crippen LogP contribution in [0.5, 0.6) is 0 Å². The zero-order valence-electron chi connectivity index (χ0n) is 15.2. The standard InChI is InChI=1S/C20H16Cl2N6O/c21-17-6-5-16(18(22)9-17)11-28-19(7-8-24-28)26-20(29)15-3-1-14(2-4-15)10-27-13-23-12-25-27/h1-9,12-13H,10-11H2,(H,26,29). The van der Waals surface area contributed by atoms with Crippen LogP contribution in [-0.2, 0) is 13.1 Å². The molecular formula is C20H16Cl2N6O. The van der Waals surface area contributed by atoms with E-state index in [9.17, 15) is 4.79 Å². The van der Waals surface area contributed by atoms with Crippen molar-refractivity contribution in [1.29, 1.82) is 0 Å². The molecule has 0 aliphatic rings. The molecule has 0 fully saturated rings. The molecule has 2 heterocycles. The molecular weight excluding hydrogens is 411 g/mol. The number of nitrogens with zero attached hydrogens (tertiary/aromatic N) is 5. The van der Waals surface area contributed by atoms with E-state index >= 15 is 0 Å². The van der Waals surface area contributed by atoms with Crippen molar-refractivity contribution in [3.8, 4) is 0 Å². The van der Waals surface area contributed by atoms with Gasteiger partial charge in [-0.1, -0.05) is 41.4 Å². The van der Waals surface area contributed by atoms with E-state index in [0.29, 0.717) is 34.5 Å². The van der Waals surface area contributed by atoms with Gasteiger partial charge in [0.15, 0.2) is 0 Å². The molecule has 4 rings (SSSR count). The second kappa shape index (κ2) is 8.46. The maximum Gasteiger partial charge on any atom is 0.256 e. The molecule has 2 aromatic carbocycles. The first kappa shape index (κ1) is 19.2. The van der Waals surface area contributed by atoms with Gasteiger partial charge in [-0.25, -0.2) is 14.3 Å². The van der Waals surface area contributed by atoms with Crippen LogP contribution in [0.15, 0.2) is 67.4 Å². The van der Waals surface area contributed by atoms with Crippen LogP contribution in [0.2, 0.25) is 10.0 Å². The van der Waals surface area contributed by atoms with Crippen molar-refractivity contribution in [1.82, 2.24) is 24.5 Å². The van der Waals surface area contributed by atoms with Crippen molar-refractivity contribution >= 4 is 34.9 Å². The lowest BCUT2D eigenvalue weighted by Gasteiger charge is -2.11. The van der Waals surface area contributed by atoms with Crippen molar-refractivity contribution in [3.63, 3.8) is 0 Å². The largest absolute Gasteiger partial charge is 0.307 e. The van der Waals surface area contributed by atoms with Gasteiger partial charge in [-0.15, -0.1) is 0 Å². The third-order valence-corrected chi connectivity index (χ3v) is 4.91. The number of rotatable bonds is 6. The summed E-state index contributed by atoms with van der Waals surface area (Å²) in [7, 11) is 0. The zero-order chi connectivity index (χ0) is 20.2. The first-order chi connectivity index (χ1) is 14.1. The molecule has 4 aromatic rings. The summed E-state index contributed by atoms with van der Waals surface area (Å²) in [4.78, 5) is 16.6. The van der Waals surface area contributed by atoms with Gasteiger partial charge in [0, 0.05) is 21.7 Å². The van der Waals surface area contributed by atoms with E-state index in [0.717, 1.165) is 11.1 Å². The van der Waals surface area contributed by atoms with E-state index in [1.165, 1.54) is 6.33 Å². The average molecular weight is 427 g/mol. The Hall–Kier alpha value is -3.16. The minimum absolute atomic E-state index is 0.221. The third-order valence-electron chi connectivity index (χ3n) is 4.32. The van der Waals surface area contributed by atoms with Gasteiger partial charge >= 0.3 is 0 Å². The molecule has 0 aliphatic heterocycles. The number of benzene rings is 2. The number of nitrogens with one attached hydrogen (secondary N) is 1. The smallest absolute Gasteiger partial charge is 0.256 e. The van der Waals surface area contributed by atoms with Gasteiger partial charge < -0.3 is 5.32 Å². The minimum atomic E-state index is -0.221. The van der Waals surface area contributed by atoms with Gasteiger partial charge in [-0.2, -0.15) is 10.2 Å². The summed E-state index contributed by atoms with van der Waals surface area (Å²) >= 11 is 12.2. The maximum absolute atomic E-state index is 12.6. The Morgan fingerprint density at radius 1 is 1.00 bits per heavy atom. The van der Waals surface area contributed by atoms with Crippen LogP contribution in [0.25, 0.3) is 0 Å². The molecule has 0 radical (unpaired) electrons. The highest BCUT2D eigenvalue weighted by Gasteiger charge is 2.11. The molecule has 9 heteroatoms. The Labute approximate surface area is 176 Å². The summed E-state index contributed by atoms with van der Waals surface area (Å²) in [6, 6.07) is 14.4. The molecule has 29 heavy (non-hydrogen) atoms. The lowest BCUT2D eigenvalue weighted by molar-refractivity contribution is 0.102. The van der Waals surface area contributed by atoms with Gasteiger partial charge in [-0.05, 0) is 35.4 Å². The van der Waals surface area contributed by atoms with Gasteiger partial charge in [0.1, 0.15) is 18.5 Å². The lowest BCUT2D eigenvalue weighted by atomic mass is 10.1. The molecule has 0 spiro atoms. The number of amides is 1. The van der Waals surface area contributed by atoms with Crippen LogP contribution >= 0.6 is 23.2 Å². The first-order valence-electron chi connectivity index (χ1n) is 8.77. The quantitative estimate of drug-likeness (QED) is 0.502. The van der Waals surface area contributed by atoms with E-state index < -0.39 is 0 Å². The highest BCUT2D eigenvalue weighted by molar-refractivity contribution is 6.35. The summed E-state index contributed by atoms with van der Waals surface area (Å²) in [6.45, 7) is 1.01. The summed E-state index contributed by atoms with van der Waals surface area (Å²) in [6.07, 6.45) is 4.76. The minimum Gasteiger partial charge on any atom is -0.307 e. The Kier molecular flexibility index (Phi) is 5.59. The van der Waals surface area contributed by atoms with E-state index in [4.69, 9.17) is 23.2 Å². The number of aromatic nitrogens is 5. The molecule has 7 nitrogen and oxygen atoms in total. The van der Waals surface area contributed by atoms with E-state index in [-0.39, 0.29) is 5.91 Å². The lowest BCUT2D eigenvalue weighted by Crippen LogP contribution is -2.16. The Bertz CT molecular complexity index is 1120. The van der Waals surface area contributed by atoms with Crippen LogP contribution < -0.4 is 5.32 Å². The Balaban J connectivity index is 1.44. The summed E-state index contributed by atoms with van der Waals surface area (Å²) < 4.78 is 3.39. The second-order valence-corrected chi connectivity index (χ2v) is 7.20. The maximum atomic E-state index is 12.6. The topological polar surface area (TPSA) is 77.6 Å². The highest BCUT2D eigenvalue weighted by Crippen LogP contribution is 2.23. The monoisotopic (exact) mass is 426 g/mol. The number of anilines is 1. The number of carbonyl (C=O) groups excluding carboxylic acids is 1. The van der Waals surface area contributed by atoms with Crippen molar-refractivity contribution in [2.45, 2.75) is 13.1 Å². The molecule has 0 unspecified atom stereocenters. The Morgan fingerprint density at radius 2 is 1.83 bits per heavy atom. The van der Waals surface area contributed by atoms with Crippen LogP contribution in [0.4, 0.5) is 5.82 Å². The molecule has 0 atom stereocenters. The number of hydrogen-bond acceptors (Lipinski definition) is 4. The van der Waals surface area contributed by atoms with Gasteiger partial charge in [0.05, 0.1) is 19.3 Å².